The Labute approximate surface area is 185 Å². The molecule has 0 aliphatic heterocycles. The van der Waals surface area contributed by atoms with Crippen LogP contribution in [-0.4, -0.2) is 23.1 Å². The molecule has 0 aliphatic carbocycles. The number of carboxylic acids is 1. The fraction of sp³-hybridized carbons (Fsp3) is 0.846. The predicted molar refractivity (Wildman–Crippen MR) is 126 cm³/mol. The quantitative estimate of drug-likeness (QED) is 0.109. The average molecular weight is 425 g/mol. The number of aliphatic carboxylic acids is 1. The van der Waals surface area contributed by atoms with Gasteiger partial charge in [-0.25, -0.2) is 9.59 Å². The molecule has 0 fully saturated rings. The minimum atomic E-state index is -1.12. The van der Waals surface area contributed by atoms with Gasteiger partial charge in [0.05, 0.1) is 0 Å². The largest absolute Gasteiger partial charge is 0.478 e. The van der Waals surface area contributed by atoms with E-state index in [1.165, 1.54) is 96.3 Å². The summed E-state index contributed by atoms with van der Waals surface area (Å²) in [6, 6.07) is 0. The van der Waals surface area contributed by atoms with E-state index in [0.29, 0.717) is 0 Å². The molecule has 30 heavy (non-hydrogen) atoms. The third-order valence-electron chi connectivity index (χ3n) is 5.65. The number of carbonyl (C=O) groups excluding carboxylic acids is 1. The molecule has 4 nitrogen and oxygen atoms in total. The fourth-order valence-electron chi connectivity index (χ4n) is 3.79. The zero-order valence-corrected chi connectivity index (χ0v) is 19.8. The first-order valence-electron chi connectivity index (χ1n) is 12.7. The molecule has 0 aromatic heterocycles. The summed E-state index contributed by atoms with van der Waals surface area (Å²) in [6.07, 6.45) is 25.2. The summed E-state index contributed by atoms with van der Waals surface area (Å²) in [4.78, 5) is 22.5. The Morgan fingerprint density at radius 2 is 1.00 bits per heavy atom. The molecule has 1 atom stereocenters. The van der Waals surface area contributed by atoms with Gasteiger partial charge in [-0.05, 0) is 25.7 Å². The van der Waals surface area contributed by atoms with E-state index >= 15 is 0 Å². The molecular formula is C26H48O4. The highest BCUT2D eigenvalue weighted by molar-refractivity contribution is 5.90. The number of hydrogen-bond acceptors (Lipinski definition) is 3. The molecule has 0 aliphatic rings. The normalized spacial score (nSPS) is 12.3. The molecule has 0 spiro atoms. The van der Waals surface area contributed by atoms with Gasteiger partial charge in [0.2, 0.25) is 0 Å². The average Bonchev–Trinajstić information content (AvgIpc) is 2.72. The second kappa shape index (κ2) is 22.4. The molecule has 0 bridgehead atoms. The molecule has 0 saturated carbocycles. The number of rotatable bonds is 22. The molecule has 0 radical (unpaired) electrons. The lowest BCUT2D eigenvalue weighted by Gasteiger charge is -2.17. The number of hydrogen-bond donors (Lipinski definition) is 1. The van der Waals surface area contributed by atoms with E-state index in [0.717, 1.165) is 37.8 Å². The molecule has 0 rings (SSSR count). The van der Waals surface area contributed by atoms with E-state index in [-0.39, 0.29) is 6.10 Å². The van der Waals surface area contributed by atoms with Crippen LogP contribution in [0.2, 0.25) is 0 Å². The van der Waals surface area contributed by atoms with Crippen LogP contribution in [0.15, 0.2) is 12.2 Å². The van der Waals surface area contributed by atoms with Crippen LogP contribution in [-0.2, 0) is 14.3 Å². The maximum atomic E-state index is 11.9. The van der Waals surface area contributed by atoms with Gasteiger partial charge < -0.3 is 9.84 Å². The first-order chi connectivity index (χ1) is 14.6. The third-order valence-corrected chi connectivity index (χ3v) is 5.65. The van der Waals surface area contributed by atoms with E-state index in [9.17, 15) is 9.59 Å². The van der Waals surface area contributed by atoms with E-state index in [1.54, 1.807) is 0 Å². The Balaban J connectivity index is 4.04. The number of carbonyl (C=O) groups is 2. The zero-order chi connectivity index (χ0) is 22.3. The lowest BCUT2D eigenvalue weighted by atomic mass is 10.0. The SMILES string of the molecule is CCCCCCCCCCCC(CCCCCCCCCC)OC(=O)/C=C/C(=O)O. The van der Waals surface area contributed by atoms with Gasteiger partial charge in [-0.1, -0.05) is 110 Å². The van der Waals surface area contributed by atoms with Crippen molar-refractivity contribution in [1.82, 2.24) is 0 Å². The number of unbranched alkanes of at least 4 members (excludes halogenated alkanes) is 15. The van der Waals surface area contributed by atoms with Crippen molar-refractivity contribution in [2.45, 2.75) is 142 Å². The molecule has 0 saturated heterocycles. The van der Waals surface area contributed by atoms with Crippen LogP contribution in [0.4, 0.5) is 0 Å². The van der Waals surface area contributed by atoms with Crippen molar-refractivity contribution in [2.24, 2.45) is 0 Å². The first kappa shape index (κ1) is 28.7. The molecule has 1 unspecified atom stereocenters. The molecule has 4 heteroatoms. The van der Waals surface area contributed by atoms with Crippen molar-refractivity contribution in [1.29, 1.82) is 0 Å². The minimum absolute atomic E-state index is 0.0828. The Morgan fingerprint density at radius 3 is 1.37 bits per heavy atom. The summed E-state index contributed by atoms with van der Waals surface area (Å²) < 4.78 is 5.54. The van der Waals surface area contributed by atoms with Gasteiger partial charge in [-0.3, -0.25) is 0 Å². The van der Waals surface area contributed by atoms with Gasteiger partial charge in [-0.15, -0.1) is 0 Å². The van der Waals surface area contributed by atoms with Crippen molar-refractivity contribution in [3.05, 3.63) is 12.2 Å². The van der Waals surface area contributed by atoms with Gasteiger partial charge in [0.15, 0.2) is 0 Å². The second-order valence-electron chi connectivity index (χ2n) is 8.61. The summed E-state index contributed by atoms with van der Waals surface area (Å²) in [5.41, 5.74) is 0. The van der Waals surface area contributed by atoms with Crippen molar-refractivity contribution in [3.8, 4) is 0 Å². The Hall–Kier alpha value is -1.32. The molecule has 0 heterocycles. The molecule has 176 valence electrons. The highest BCUT2D eigenvalue weighted by Crippen LogP contribution is 2.18. The maximum absolute atomic E-state index is 11.9. The van der Waals surface area contributed by atoms with Crippen LogP contribution in [0.3, 0.4) is 0 Å². The maximum Gasteiger partial charge on any atom is 0.331 e. The summed E-state index contributed by atoms with van der Waals surface area (Å²) >= 11 is 0. The van der Waals surface area contributed by atoms with E-state index in [2.05, 4.69) is 13.8 Å². The van der Waals surface area contributed by atoms with Gasteiger partial charge in [-0.2, -0.15) is 0 Å². The van der Waals surface area contributed by atoms with E-state index in [1.807, 2.05) is 0 Å². The first-order valence-corrected chi connectivity index (χ1v) is 12.7. The number of esters is 1. The highest BCUT2D eigenvalue weighted by Gasteiger charge is 2.13. The zero-order valence-electron chi connectivity index (χ0n) is 19.8. The molecular weight excluding hydrogens is 376 g/mol. The molecule has 0 aromatic rings. The summed E-state index contributed by atoms with van der Waals surface area (Å²) in [5, 5.41) is 8.67. The number of carboxylic acid groups (broad SMARTS) is 1. The molecule has 0 aromatic carbocycles. The standard InChI is InChI=1S/C26H48O4/c1-3-5-7-9-11-13-15-17-19-21-24(30-26(29)23-22-25(27)28)20-18-16-14-12-10-8-6-4-2/h22-24H,3-21H2,1-2H3,(H,27,28)/b23-22+. The minimum Gasteiger partial charge on any atom is -0.478 e. The summed E-state index contributed by atoms with van der Waals surface area (Å²) in [5.74, 6) is -1.65. The van der Waals surface area contributed by atoms with Crippen molar-refractivity contribution >= 4 is 11.9 Å². The summed E-state index contributed by atoms with van der Waals surface area (Å²) in [7, 11) is 0. The van der Waals surface area contributed by atoms with Crippen LogP contribution in [0.5, 0.6) is 0 Å². The molecule has 1 N–H and O–H groups in total. The van der Waals surface area contributed by atoms with E-state index < -0.39 is 11.9 Å². The smallest absolute Gasteiger partial charge is 0.331 e. The third kappa shape index (κ3) is 21.4. The lowest BCUT2D eigenvalue weighted by molar-refractivity contribution is -0.144. The van der Waals surface area contributed by atoms with Crippen LogP contribution in [0.1, 0.15) is 136 Å². The van der Waals surface area contributed by atoms with Crippen LogP contribution in [0.25, 0.3) is 0 Å². The van der Waals surface area contributed by atoms with E-state index in [4.69, 9.17) is 9.84 Å². The fourth-order valence-corrected chi connectivity index (χ4v) is 3.79. The Kier molecular flexibility index (Phi) is 21.4. The van der Waals surface area contributed by atoms with Gasteiger partial charge >= 0.3 is 11.9 Å². The molecule has 0 amide bonds. The monoisotopic (exact) mass is 424 g/mol. The van der Waals surface area contributed by atoms with Crippen molar-refractivity contribution in [3.63, 3.8) is 0 Å². The Bertz CT molecular complexity index is 431. The Morgan fingerprint density at radius 1 is 0.633 bits per heavy atom. The highest BCUT2D eigenvalue weighted by atomic mass is 16.5. The lowest BCUT2D eigenvalue weighted by Crippen LogP contribution is -2.17. The van der Waals surface area contributed by atoms with Crippen LogP contribution in [0, 0.1) is 0 Å². The van der Waals surface area contributed by atoms with Gasteiger partial charge in [0.25, 0.3) is 0 Å². The van der Waals surface area contributed by atoms with Gasteiger partial charge in [0, 0.05) is 12.2 Å². The number of ether oxygens (including phenoxy) is 1. The van der Waals surface area contributed by atoms with Crippen LogP contribution < -0.4 is 0 Å². The topological polar surface area (TPSA) is 63.6 Å². The second-order valence-corrected chi connectivity index (χ2v) is 8.61. The predicted octanol–water partition coefficient (Wildman–Crippen LogP) is 7.99. The van der Waals surface area contributed by atoms with Crippen molar-refractivity contribution < 1.29 is 19.4 Å². The van der Waals surface area contributed by atoms with Gasteiger partial charge in [0.1, 0.15) is 6.10 Å². The van der Waals surface area contributed by atoms with Crippen LogP contribution >= 0.6 is 0 Å². The van der Waals surface area contributed by atoms with Crippen molar-refractivity contribution in [2.75, 3.05) is 0 Å². The summed E-state index contributed by atoms with van der Waals surface area (Å²) in [6.45, 7) is 4.48.